The molecule has 18 heavy (non-hydrogen) atoms. The molecule has 3 heteroatoms. The Morgan fingerprint density at radius 1 is 1.11 bits per heavy atom. The van der Waals surface area contributed by atoms with Crippen LogP contribution in [0.2, 0.25) is 0 Å². The van der Waals surface area contributed by atoms with Crippen molar-refractivity contribution in [1.29, 1.82) is 0 Å². The van der Waals surface area contributed by atoms with Gasteiger partial charge in [-0.25, -0.2) is 4.39 Å². The van der Waals surface area contributed by atoms with Gasteiger partial charge in [-0.1, -0.05) is 30.0 Å². The number of hydrogen-bond donors (Lipinski definition) is 0. The Morgan fingerprint density at radius 3 is 2.50 bits per heavy atom. The Kier molecular flexibility index (Phi) is 3.82. The van der Waals surface area contributed by atoms with Gasteiger partial charge >= 0.3 is 0 Å². The van der Waals surface area contributed by atoms with E-state index in [4.69, 9.17) is 0 Å². The third kappa shape index (κ3) is 2.79. The Bertz CT molecular complexity index is 593. The molecule has 2 aromatic carbocycles. The fraction of sp³-hybridized carbons (Fsp3) is 0.133. The van der Waals surface area contributed by atoms with E-state index >= 15 is 0 Å². The van der Waals surface area contributed by atoms with Crippen molar-refractivity contribution in [3.8, 4) is 0 Å². The van der Waals surface area contributed by atoms with Crippen LogP contribution in [0.5, 0.6) is 0 Å². The first-order valence-corrected chi connectivity index (χ1v) is 6.43. The normalized spacial score (nSPS) is 10.4. The highest BCUT2D eigenvalue weighted by atomic mass is 32.2. The van der Waals surface area contributed by atoms with E-state index in [9.17, 15) is 9.18 Å². The third-order valence-corrected chi connectivity index (χ3v) is 3.89. The predicted octanol–water partition coefficient (Wildman–Crippen LogP) is 4.49. The van der Waals surface area contributed by atoms with E-state index in [-0.39, 0.29) is 11.6 Å². The Hall–Kier alpha value is -1.61. The van der Waals surface area contributed by atoms with E-state index < -0.39 is 0 Å². The molecule has 0 radical (unpaired) electrons. The molecule has 0 heterocycles. The summed E-state index contributed by atoms with van der Waals surface area (Å²) >= 11 is 1.49. The van der Waals surface area contributed by atoms with Gasteiger partial charge in [-0.3, -0.25) is 4.79 Å². The molecular weight excluding hydrogens is 247 g/mol. The first-order chi connectivity index (χ1) is 8.58. The summed E-state index contributed by atoms with van der Waals surface area (Å²) in [6.45, 7) is 3.47. The molecule has 0 fully saturated rings. The molecule has 0 aromatic heterocycles. The van der Waals surface area contributed by atoms with Gasteiger partial charge in [0.15, 0.2) is 5.78 Å². The minimum atomic E-state index is -0.380. The lowest BCUT2D eigenvalue weighted by Crippen LogP contribution is -1.96. The number of ketones is 1. The lowest BCUT2D eigenvalue weighted by Gasteiger charge is -2.08. The molecule has 1 nitrogen and oxygen atoms in total. The minimum absolute atomic E-state index is 0.120. The van der Waals surface area contributed by atoms with E-state index in [0.717, 1.165) is 15.4 Å². The SMILES string of the molecule is CC(=O)c1cc(F)ccc1Sc1ccccc1C. The van der Waals surface area contributed by atoms with Crippen molar-refractivity contribution >= 4 is 17.5 Å². The Balaban J connectivity index is 2.41. The van der Waals surface area contributed by atoms with Crippen LogP contribution in [0.4, 0.5) is 4.39 Å². The van der Waals surface area contributed by atoms with Crippen LogP contribution in [0.3, 0.4) is 0 Å². The van der Waals surface area contributed by atoms with Crippen molar-refractivity contribution in [2.75, 3.05) is 0 Å². The quantitative estimate of drug-likeness (QED) is 0.756. The second-order valence-electron chi connectivity index (χ2n) is 4.06. The number of rotatable bonds is 3. The van der Waals surface area contributed by atoms with Gasteiger partial charge in [0.1, 0.15) is 5.82 Å². The zero-order valence-electron chi connectivity index (χ0n) is 10.2. The lowest BCUT2D eigenvalue weighted by molar-refractivity contribution is 0.101. The third-order valence-electron chi connectivity index (χ3n) is 2.63. The molecule has 0 aliphatic carbocycles. The van der Waals surface area contributed by atoms with Crippen molar-refractivity contribution in [3.63, 3.8) is 0 Å². The zero-order valence-corrected chi connectivity index (χ0v) is 11.1. The van der Waals surface area contributed by atoms with E-state index in [1.165, 1.54) is 30.8 Å². The molecule has 0 N–H and O–H groups in total. The maximum absolute atomic E-state index is 13.2. The predicted molar refractivity (Wildman–Crippen MR) is 71.7 cm³/mol. The van der Waals surface area contributed by atoms with Crippen LogP contribution < -0.4 is 0 Å². The first-order valence-electron chi connectivity index (χ1n) is 5.62. The van der Waals surface area contributed by atoms with Gasteiger partial charge in [-0.2, -0.15) is 0 Å². The number of aryl methyl sites for hydroxylation is 1. The molecular formula is C15H13FOS. The van der Waals surface area contributed by atoms with Crippen LogP contribution in [0.25, 0.3) is 0 Å². The van der Waals surface area contributed by atoms with Gasteiger partial charge < -0.3 is 0 Å². The second kappa shape index (κ2) is 5.36. The van der Waals surface area contributed by atoms with Crippen molar-refractivity contribution in [2.24, 2.45) is 0 Å². The molecule has 2 rings (SSSR count). The Labute approximate surface area is 110 Å². The monoisotopic (exact) mass is 260 g/mol. The summed E-state index contributed by atoms with van der Waals surface area (Å²) < 4.78 is 13.2. The molecule has 0 saturated heterocycles. The van der Waals surface area contributed by atoms with Crippen LogP contribution in [0, 0.1) is 12.7 Å². The second-order valence-corrected chi connectivity index (χ2v) is 5.15. The summed E-state index contributed by atoms with van der Waals surface area (Å²) in [5.74, 6) is -0.500. The standard InChI is InChI=1S/C15H13FOS/c1-10-5-3-4-6-14(10)18-15-8-7-12(16)9-13(15)11(2)17/h3-9H,1-2H3. The summed E-state index contributed by atoms with van der Waals surface area (Å²) in [6.07, 6.45) is 0. The highest BCUT2D eigenvalue weighted by molar-refractivity contribution is 7.99. The van der Waals surface area contributed by atoms with Crippen molar-refractivity contribution in [3.05, 3.63) is 59.4 Å². The van der Waals surface area contributed by atoms with Gasteiger partial charge in [0.05, 0.1) is 0 Å². The Morgan fingerprint density at radius 2 is 1.83 bits per heavy atom. The summed E-state index contributed by atoms with van der Waals surface area (Å²) in [5.41, 5.74) is 1.57. The topological polar surface area (TPSA) is 17.1 Å². The highest BCUT2D eigenvalue weighted by Crippen LogP contribution is 2.33. The maximum Gasteiger partial charge on any atom is 0.161 e. The molecule has 0 bridgehead atoms. The van der Waals surface area contributed by atoms with Gasteiger partial charge in [-0.15, -0.1) is 0 Å². The van der Waals surface area contributed by atoms with E-state index in [0.29, 0.717) is 5.56 Å². The number of carbonyl (C=O) groups excluding carboxylic acids is 1. The summed E-state index contributed by atoms with van der Waals surface area (Å²) in [7, 11) is 0. The summed E-state index contributed by atoms with van der Waals surface area (Å²) in [4.78, 5) is 13.4. The average molecular weight is 260 g/mol. The molecule has 0 saturated carbocycles. The van der Waals surface area contributed by atoms with Crippen LogP contribution in [-0.4, -0.2) is 5.78 Å². The molecule has 0 spiro atoms. The first kappa shape index (κ1) is 12.8. The summed E-state index contributed by atoms with van der Waals surface area (Å²) in [5, 5.41) is 0. The van der Waals surface area contributed by atoms with Gasteiger partial charge in [-0.05, 0) is 43.7 Å². The average Bonchev–Trinajstić information content (AvgIpc) is 2.34. The number of benzene rings is 2. The van der Waals surface area contributed by atoms with Gasteiger partial charge in [0, 0.05) is 15.4 Å². The maximum atomic E-state index is 13.2. The van der Waals surface area contributed by atoms with E-state index in [1.54, 1.807) is 6.07 Å². The lowest BCUT2D eigenvalue weighted by atomic mass is 10.1. The highest BCUT2D eigenvalue weighted by Gasteiger charge is 2.10. The molecule has 0 aliphatic heterocycles. The minimum Gasteiger partial charge on any atom is -0.294 e. The summed E-state index contributed by atoms with van der Waals surface area (Å²) in [6, 6.07) is 12.3. The van der Waals surface area contributed by atoms with Crippen LogP contribution >= 0.6 is 11.8 Å². The van der Waals surface area contributed by atoms with Crippen LogP contribution in [0.15, 0.2) is 52.3 Å². The number of Topliss-reactive ketones (excluding diaryl/α,β-unsaturated/α-hetero) is 1. The zero-order chi connectivity index (χ0) is 13.1. The number of carbonyl (C=O) groups is 1. The van der Waals surface area contributed by atoms with Crippen LogP contribution in [-0.2, 0) is 0 Å². The molecule has 92 valence electrons. The molecule has 0 atom stereocenters. The molecule has 0 unspecified atom stereocenters. The smallest absolute Gasteiger partial charge is 0.161 e. The molecule has 0 amide bonds. The fourth-order valence-electron chi connectivity index (χ4n) is 1.66. The van der Waals surface area contributed by atoms with Crippen molar-refractivity contribution in [2.45, 2.75) is 23.6 Å². The van der Waals surface area contributed by atoms with E-state index in [2.05, 4.69) is 0 Å². The molecule has 0 aliphatic rings. The molecule has 2 aromatic rings. The van der Waals surface area contributed by atoms with Crippen molar-refractivity contribution < 1.29 is 9.18 Å². The van der Waals surface area contributed by atoms with Crippen LogP contribution in [0.1, 0.15) is 22.8 Å². The fourth-order valence-corrected chi connectivity index (χ4v) is 2.72. The van der Waals surface area contributed by atoms with Gasteiger partial charge in [0.2, 0.25) is 0 Å². The van der Waals surface area contributed by atoms with Gasteiger partial charge in [0.25, 0.3) is 0 Å². The largest absolute Gasteiger partial charge is 0.294 e. The van der Waals surface area contributed by atoms with E-state index in [1.807, 2.05) is 31.2 Å². The number of halogens is 1. The van der Waals surface area contributed by atoms with Crippen molar-refractivity contribution in [1.82, 2.24) is 0 Å². The number of hydrogen-bond acceptors (Lipinski definition) is 2.